The first-order valence-corrected chi connectivity index (χ1v) is 8.57. The number of carbonyl (C=O) groups excluding carboxylic acids is 2. The van der Waals surface area contributed by atoms with Crippen molar-refractivity contribution in [3.8, 4) is 0 Å². The number of benzene rings is 1. The van der Waals surface area contributed by atoms with E-state index in [2.05, 4.69) is 5.32 Å². The molecule has 0 saturated carbocycles. The second-order valence-corrected chi connectivity index (χ2v) is 6.29. The molecule has 0 atom stereocenters. The van der Waals surface area contributed by atoms with E-state index in [-0.39, 0.29) is 0 Å². The lowest BCUT2D eigenvalue weighted by Gasteiger charge is -2.06. The van der Waals surface area contributed by atoms with Crippen LogP contribution >= 0.6 is 23.1 Å². The smallest absolute Gasteiger partial charge is 0.331 e. The minimum Gasteiger partial charge on any atom is -0.452 e. The summed E-state index contributed by atoms with van der Waals surface area (Å²) in [5, 5.41) is 6.26. The third-order valence-corrected chi connectivity index (χ3v) is 4.09. The highest BCUT2D eigenvalue weighted by Gasteiger charge is 2.07. The van der Waals surface area contributed by atoms with Crippen LogP contribution < -0.4 is 5.32 Å². The topological polar surface area (TPSA) is 55.4 Å². The van der Waals surface area contributed by atoms with Gasteiger partial charge in [0.2, 0.25) is 0 Å². The summed E-state index contributed by atoms with van der Waals surface area (Å²) in [6.45, 7) is -0.430. The Kier molecular flexibility index (Phi) is 6.95. The van der Waals surface area contributed by atoms with Crippen LogP contribution in [0.3, 0.4) is 0 Å². The number of carbonyl (C=O) groups is 2. The Morgan fingerprint density at radius 2 is 2.00 bits per heavy atom. The summed E-state index contributed by atoms with van der Waals surface area (Å²) < 4.78 is 29.2. The first kappa shape index (κ1) is 18.2. The summed E-state index contributed by atoms with van der Waals surface area (Å²) >= 11 is 1.93. The van der Waals surface area contributed by atoms with Gasteiger partial charge in [0.1, 0.15) is 0 Å². The van der Waals surface area contributed by atoms with E-state index in [1.54, 1.807) is 6.08 Å². The summed E-state index contributed by atoms with van der Waals surface area (Å²) in [4.78, 5) is 23.6. The minimum atomic E-state index is -2.49. The van der Waals surface area contributed by atoms with Crippen molar-refractivity contribution in [1.29, 1.82) is 0 Å². The molecule has 0 aliphatic rings. The maximum Gasteiger partial charge on any atom is 0.331 e. The monoisotopic (exact) mass is 369 g/mol. The minimum absolute atomic E-state index is 0.396. The van der Waals surface area contributed by atoms with Crippen LogP contribution in [-0.2, 0) is 14.3 Å². The zero-order valence-corrected chi connectivity index (χ0v) is 13.9. The number of hydrogen-bond acceptors (Lipinski definition) is 5. The van der Waals surface area contributed by atoms with Gasteiger partial charge in [0, 0.05) is 16.7 Å². The molecule has 0 bridgehead atoms. The number of thiophene rings is 1. The SMILES string of the molecule is O=C(COC(=O)/C=C/c1ccsc1)Nc1ccc(SC(F)F)cc1. The van der Waals surface area contributed by atoms with E-state index in [1.165, 1.54) is 41.7 Å². The molecule has 0 aliphatic carbocycles. The highest BCUT2D eigenvalue weighted by atomic mass is 32.2. The molecule has 24 heavy (non-hydrogen) atoms. The van der Waals surface area contributed by atoms with Crippen LogP contribution in [-0.4, -0.2) is 24.2 Å². The van der Waals surface area contributed by atoms with Crippen LogP contribution in [0.5, 0.6) is 0 Å². The van der Waals surface area contributed by atoms with E-state index < -0.39 is 24.2 Å². The van der Waals surface area contributed by atoms with Crippen molar-refractivity contribution in [2.24, 2.45) is 0 Å². The Morgan fingerprint density at radius 3 is 2.62 bits per heavy atom. The number of anilines is 1. The van der Waals surface area contributed by atoms with Gasteiger partial charge in [-0.05, 0) is 52.7 Å². The Bertz CT molecular complexity index is 701. The van der Waals surface area contributed by atoms with E-state index in [4.69, 9.17) is 4.74 Å². The molecule has 1 amide bonds. The highest BCUT2D eigenvalue weighted by molar-refractivity contribution is 7.99. The molecule has 4 nitrogen and oxygen atoms in total. The number of hydrogen-bond donors (Lipinski definition) is 1. The summed E-state index contributed by atoms with van der Waals surface area (Å²) in [6.07, 6.45) is 2.84. The van der Waals surface area contributed by atoms with Gasteiger partial charge in [-0.1, -0.05) is 11.8 Å². The molecule has 1 aromatic heterocycles. The van der Waals surface area contributed by atoms with Crippen molar-refractivity contribution in [3.05, 3.63) is 52.7 Å². The molecular formula is C16H13F2NO3S2. The first-order chi connectivity index (χ1) is 11.5. The van der Waals surface area contributed by atoms with Crippen molar-refractivity contribution in [2.75, 3.05) is 11.9 Å². The predicted molar refractivity (Wildman–Crippen MR) is 91.2 cm³/mol. The van der Waals surface area contributed by atoms with Gasteiger partial charge in [0.25, 0.3) is 11.7 Å². The number of halogens is 2. The number of esters is 1. The zero-order chi connectivity index (χ0) is 17.4. The molecule has 0 spiro atoms. The molecule has 0 fully saturated rings. The largest absolute Gasteiger partial charge is 0.452 e. The van der Waals surface area contributed by atoms with Gasteiger partial charge in [0.05, 0.1) is 0 Å². The fourth-order valence-corrected chi connectivity index (χ4v) is 2.76. The van der Waals surface area contributed by atoms with Crippen molar-refractivity contribution in [2.45, 2.75) is 10.7 Å². The molecule has 1 heterocycles. The lowest BCUT2D eigenvalue weighted by atomic mass is 10.3. The highest BCUT2D eigenvalue weighted by Crippen LogP contribution is 2.26. The average molecular weight is 369 g/mol. The van der Waals surface area contributed by atoms with Crippen LogP contribution in [0.15, 0.2) is 52.1 Å². The lowest BCUT2D eigenvalue weighted by molar-refractivity contribution is -0.142. The molecule has 0 radical (unpaired) electrons. The number of amides is 1. The number of ether oxygens (including phenoxy) is 1. The van der Waals surface area contributed by atoms with Crippen molar-refractivity contribution >= 4 is 46.7 Å². The molecule has 2 aromatic rings. The zero-order valence-electron chi connectivity index (χ0n) is 12.3. The summed E-state index contributed by atoms with van der Waals surface area (Å²) in [7, 11) is 0. The molecular weight excluding hydrogens is 356 g/mol. The normalized spacial score (nSPS) is 11.0. The van der Waals surface area contributed by atoms with Gasteiger partial charge in [0.15, 0.2) is 6.61 Å². The Balaban J connectivity index is 1.75. The number of rotatable bonds is 7. The van der Waals surface area contributed by atoms with E-state index in [9.17, 15) is 18.4 Å². The molecule has 1 aromatic carbocycles. The fourth-order valence-electron chi connectivity index (χ4n) is 1.64. The maximum atomic E-state index is 12.2. The van der Waals surface area contributed by atoms with E-state index in [0.717, 1.165) is 5.56 Å². The van der Waals surface area contributed by atoms with Gasteiger partial charge < -0.3 is 10.1 Å². The third kappa shape index (κ3) is 6.51. The summed E-state index contributed by atoms with van der Waals surface area (Å²) in [6, 6.07) is 7.79. The molecule has 2 rings (SSSR count). The average Bonchev–Trinajstić information content (AvgIpc) is 3.06. The molecule has 0 unspecified atom stereocenters. The first-order valence-electron chi connectivity index (χ1n) is 6.75. The van der Waals surface area contributed by atoms with Crippen molar-refractivity contribution in [3.63, 3.8) is 0 Å². The molecule has 8 heteroatoms. The lowest BCUT2D eigenvalue weighted by Crippen LogP contribution is -2.20. The maximum absolute atomic E-state index is 12.2. The summed E-state index contributed by atoms with van der Waals surface area (Å²) in [5.41, 5.74) is 1.31. The number of nitrogens with one attached hydrogen (secondary N) is 1. The summed E-state index contributed by atoms with van der Waals surface area (Å²) in [5.74, 6) is -3.63. The third-order valence-electron chi connectivity index (χ3n) is 2.66. The van der Waals surface area contributed by atoms with Gasteiger partial charge >= 0.3 is 5.97 Å². The van der Waals surface area contributed by atoms with E-state index in [0.29, 0.717) is 22.3 Å². The second kappa shape index (κ2) is 9.19. The van der Waals surface area contributed by atoms with Crippen LogP contribution in [0.25, 0.3) is 6.08 Å². The van der Waals surface area contributed by atoms with Crippen molar-refractivity contribution in [1.82, 2.24) is 0 Å². The Hall–Kier alpha value is -2.19. The van der Waals surface area contributed by atoms with Gasteiger partial charge in [-0.2, -0.15) is 20.1 Å². The van der Waals surface area contributed by atoms with Gasteiger partial charge in [-0.3, -0.25) is 4.79 Å². The fraction of sp³-hybridized carbons (Fsp3) is 0.125. The molecule has 1 N–H and O–H groups in total. The van der Waals surface area contributed by atoms with Gasteiger partial charge in [-0.15, -0.1) is 0 Å². The van der Waals surface area contributed by atoms with Crippen molar-refractivity contribution < 1.29 is 23.1 Å². The Morgan fingerprint density at radius 1 is 1.25 bits per heavy atom. The van der Waals surface area contributed by atoms with Crippen LogP contribution in [0, 0.1) is 0 Å². The van der Waals surface area contributed by atoms with E-state index >= 15 is 0 Å². The molecule has 0 aliphatic heterocycles. The van der Waals surface area contributed by atoms with Crippen LogP contribution in [0.2, 0.25) is 0 Å². The second-order valence-electron chi connectivity index (χ2n) is 4.45. The quantitative estimate of drug-likeness (QED) is 0.450. The number of thioether (sulfide) groups is 1. The van der Waals surface area contributed by atoms with E-state index in [1.807, 2.05) is 16.8 Å². The molecule has 126 valence electrons. The number of alkyl halides is 2. The predicted octanol–water partition coefficient (Wildman–Crippen LogP) is 4.26. The van der Waals surface area contributed by atoms with Crippen LogP contribution in [0.1, 0.15) is 5.56 Å². The Labute approximate surface area is 145 Å². The standard InChI is InChI=1S/C16H13F2NO3S2/c17-16(18)24-13-4-2-12(3-5-13)19-14(20)9-22-15(21)6-1-11-7-8-23-10-11/h1-8,10,16H,9H2,(H,19,20)/b6-1+. The molecule has 0 saturated heterocycles. The van der Waals surface area contributed by atoms with Crippen LogP contribution in [0.4, 0.5) is 14.5 Å². The van der Waals surface area contributed by atoms with Gasteiger partial charge in [-0.25, -0.2) is 4.79 Å².